The maximum atomic E-state index is 6.10. The monoisotopic (exact) mass is 326 g/mol. The van der Waals surface area contributed by atoms with E-state index in [0.29, 0.717) is 6.61 Å². The average molecular weight is 326 g/mol. The third-order valence-electron chi connectivity index (χ3n) is 3.98. The van der Waals surface area contributed by atoms with E-state index < -0.39 is 0 Å². The molecule has 0 aromatic heterocycles. The van der Waals surface area contributed by atoms with E-state index in [2.05, 4.69) is 48.2 Å². The van der Waals surface area contributed by atoms with Gasteiger partial charge in [-0.1, -0.05) is 90.7 Å². The predicted octanol–water partition coefficient (Wildman–Crippen LogP) is 5.26. The Hall–Kier alpha value is -2.82. The van der Waals surface area contributed by atoms with E-state index in [1.165, 1.54) is 11.1 Å². The van der Waals surface area contributed by atoms with Gasteiger partial charge in [-0.25, -0.2) is 0 Å². The molecule has 1 atom stereocenters. The molecule has 3 rings (SSSR count). The molecule has 3 aromatic rings. The van der Waals surface area contributed by atoms with Crippen LogP contribution in [0.25, 0.3) is 0 Å². The zero-order valence-electron chi connectivity index (χ0n) is 14.3. The van der Waals surface area contributed by atoms with E-state index in [-0.39, 0.29) is 6.10 Å². The molecule has 0 saturated heterocycles. The van der Waals surface area contributed by atoms with E-state index in [1.807, 2.05) is 54.6 Å². The number of ether oxygens (including phenoxy) is 1. The lowest BCUT2D eigenvalue weighted by Crippen LogP contribution is -2.12. The molecule has 0 aliphatic rings. The van der Waals surface area contributed by atoms with Crippen molar-refractivity contribution in [2.75, 3.05) is 0 Å². The van der Waals surface area contributed by atoms with Crippen LogP contribution in [0.4, 0.5) is 0 Å². The van der Waals surface area contributed by atoms with Gasteiger partial charge in [0.1, 0.15) is 6.10 Å². The van der Waals surface area contributed by atoms with Crippen LogP contribution < -0.4 is 0 Å². The highest BCUT2D eigenvalue weighted by Crippen LogP contribution is 2.10. The molecule has 1 nitrogen and oxygen atoms in total. The molecule has 0 fully saturated rings. The molecule has 0 amide bonds. The van der Waals surface area contributed by atoms with Crippen molar-refractivity contribution in [3.05, 3.63) is 108 Å². The molecule has 0 spiro atoms. The summed E-state index contributed by atoms with van der Waals surface area (Å²) in [6, 6.07) is 30.8. The second-order valence-corrected chi connectivity index (χ2v) is 5.94. The summed E-state index contributed by atoms with van der Waals surface area (Å²) in [5.74, 6) is 6.55. The van der Waals surface area contributed by atoms with Crippen molar-refractivity contribution in [1.82, 2.24) is 0 Å². The van der Waals surface area contributed by atoms with Gasteiger partial charge in [0.15, 0.2) is 0 Å². The fourth-order valence-corrected chi connectivity index (χ4v) is 2.60. The quantitative estimate of drug-likeness (QED) is 0.562. The van der Waals surface area contributed by atoms with Crippen molar-refractivity contribution < 1.29 is 4.74 Å². The molecule has 0 saturated carbocycles. The Balaban J connectivity index is 1.65. The summed E-state index contributed by atoms with van der Waals surface area (Å²) in [7, 11) is 0. The number of rotatable bonds is 6. The van der Waals surface area contributed by atoms with Crippen LogP contribution in [0.3, 0.4) is 0 Å². The first kappa shape index (κ1) is 17.0. The summed E-state index contributed by atoms with van der Waals surface area (Å²) in [5, 5.41) is 0. The van der Waals surface area contributed by atoms with Crippen molar-refractivity contribution in [2.45, 2.75) is 25.6 Å². The molecule has 25 heavy (non-hydrogen) atoms. The molecule has 0 bridgehead atoms. The van der Waals surface area contributed by atoms with Gasteiger partial charge >= 0.3 is 0 Å². The minimum absolute atomic E-state index is 0.0828. The lowest BCUT2D eigenvalue weighted by Gasteiger charge is -2.12. The first-order chi connectivity index (χ1) is 12.4. The summed E-state index contributed by atoms with van der Waals surface area (Å²) in [6.07, 6.45) is 1.76. The normalized spacial score (nSPS) is 11.4. The summed E-state index contributed by atoms with van der Waals surface area (Å²) < 4.78 is 6.10. The summed E-state index contributed by atoms with van der Waals surface area (Å²) in [6.45, 7) is 0.587. The number of hydrogen-bond donors (Lipinski definition) is 0. The molecule has 0 aliphatic carbocycles. The maximum absolute atomic E-state index is 6.10. The molecule has 3 aromatic carbocycles. The molecule has 0 heterocycles. The van der Waals surface area contributed by atoms with Crippen molar-refractivity contribution >= 4 is 0 Å². The van der Waals surface area contributed by atoms with Crippen LogP contribution in [0, 0.1) is 11.8 Å². The van der Waals surface area contributed by atoms with Gasteiger partial charge in [-0.2, -0.15) is 0 Å². The molecular weight excluding hydrogens is 304 g/mol. The fraction of sp³-hybridized carbons (Fsp3) is 0.167. The Morgan fingerprint density at radius 3 is 1.88 bits per heavy atom. The first-order valence-corrected chi connectivity index (χ1v) is 8.66. The topological polar surface area (TPSA) is 9.23 Å². The molecule has 0 radical (unpaired) electrons. The molecule has 1 heteroatoms. The fourth-order valence-electron chi connectivity index (χ4n) is 2.60. The smallest absolute Gasteiger partial charge is 0.119 e. The van der Waals surface area contributed by atoms with Gasteiger partial charge in [0.2, 0.25) is 0 Å². The summed E-state index contributed by atoms with van der Waals surface area (Å²) in [5.41, 5.74) is 3.52. The Morgan fingerprint density at radius 2 is 1.24 bits per heavy atom. The van der Waals surface area contributed by atoms with Crippen molar-refractivity contribution in [3.63, 3.8) is 0 Å². The highest BCUT2D eigenvalue weighted by Gasteiger charge is 2.07. The van der Waals surface area contributed by atoms with Crippen LogP contribution in [-0.4, -0.2) is 6.10 Å². The van der Waals surface area contributed by atoms with Crippen molar-refractivity contribution in [3.8, 4) is 11.8 Å². The van der Waals surface area contributed by atoms with Crippen LogP contribution in [0.15, 0.2) is 91.0 Å². The Labute approximate surface area is 150 Å². The number of benzene rings is 3. The van der Waals surface area contributed by atoms with E-state index in [9.17, 15) is 0 Å². The van der Waals surface area contributed by atoms with Crippen molar-refractivity contribution in [2.24, 2.45) is 0 Å². The van der Waals surface area contributed by atoms with Crippen LogP contribution in [0.1, 0.15) is 23.1 Å². The van der Waals surface area contributed by atoms with Crippen molar-refractivity contribution in [1.29, 1.82) is 0 Å². The Bertz CT molecular complexity index is 755. The zero-order chi connectivity index (χ0) is 17.2. The van der Waals surface area contributed by atoms with Crippen LogP contribution >= 0.6 is 0 Å². The van der Waals surface area contributed by atoms with E-state index in [1.54, 1.807) is 0 Å². The van der Waals surface area contributed by atoms with Gasteiger partial charge in [-0.05, 0) is 36.1 Å². The molecule has 1 unspecified atom stereocenters. The average Bonchev–Trinajstić information content (AvgIpc) is 2.70. The van der Waals surface area contributed by atoms with Gasteiger partial charge in [0, 0.05) is 5.56 Å². The van der Waals surface area contributed by atoms with E-state index >= 15 is 0 Å². The third-order valence-corrected chi connectivity index (χ3v) is 3.98. The maximum Gasteiger partial charge on any atom is 0.119 e. The number of hydrogen-bond acceptors (Lipinski definition) is 1. The molecule has 124 valence electrons. The van der Waals surface area contributed by atoms with Gasteiger partial charge in [-0.3, -0.25) is 0 Å². The molecule has 0 N–H and O–H groups in total. The summed E-state index contributed by atoms with van der Waals surface area (Å²) >= 11 is 0. The minimum Gasteiger partial charge on any atom is -0.361 e. The van der Waals surface area contributed by atoms with Gasteiger partial charge in [0.25, 0.3) is 0 Å². The molecular formula is C24H22O. The van der Waals surface area contributed by atoms with Gasteiger partial charge < -0.3 is 4.74 Å². The second kappa shape index (κ2) is 9.47. The van der Waals surface area contributed by atoms with E-state index in [4.69, 9.17) is 4.74 Å². The first-order valence-electron chi connectivity index (χ1n) is 8.66. The number of aryl methyl sites for hydroxylation is 1. The van der Waals surface area contributed by atoms with Crippen LogP contribution in [-0.2, 0) is 17.8 Å². The molecule has 0 aliphatic heterocycles. The highest BCUT2D eigenvalue weighted by atomic mass is 16.5. The largest absolute Gasteiger partial charge is 0.361 e. The van der Waals surface area contributed by atoms with Crippen LogP contribution in [0.2, 0.25) is 0 Å². The van der Waals surface area contributed by atoms with Crippen LogP contribution in [0.5, 0.6) is 0 Å². The Kier molecular flexibility index (Phi) is 6.45. The lowest BCUT2D eigenvalue weighted by atomic mass is 10.1. The standard InChI is InChI=1S/C24H22O/c1-4-10-21(11-5-1)16-18-24(19-17-22-12-6-2-7-13-22)25-20-23-14-8-3-9-15-23/h1-15,24H,16,18,20H2. The Morgan fingerprint density at radius 1 is 0.680 bits per heavy atom. The lowest BCUT2D eigenvalue weighted by molar-refractivity contribution is 0.0729. The SMILES string of the molecule is C(#CC(CCc1ccccc1)OCc1ccccc1)c1ccccc1. The highest BCUT2D eigenvalue weighted by molar-refractivity contribution is 5.34. The van der Waals surface area contributed by atoms with E-state index in [0.717, 1.165) is 18.4 Å². The minimum atomic E-state index is -0.0828. The van der Waals surface area contributed by atoms with Gasteiger partial charge in [-0.15, -0.1) is 0 Å². The zero-order valence-corrected chi connectivity index (χ0v) is 14.3. The van der Waals surface area contributed by atoms with Gasteiger partial charge in [0.05, 0.1) is 6.61 Å². The summed E-state index contributed by atoms with van der Waals surface area (Å²) in [4.78, 5) is 0. The predicted molar refractivity (Wildman–Crippen MR) is 103 cm³/mol. The second-order valence-electron chi connectivity index (χ2n) is 5.94. The third kappa shape index (κ3) is 5.95.